The van der Waals surface area contributed by atoms with Crippen LogP contribution in [0, 0.1) is 5.82 Å². The minimum atomic E-state index is -4.34. The number of nitrogens with one attached hydrogen (secondary N) is 1. The molecule has 0 spiro atoms. The summed E-state index contributed by atoms with van der Waals surface area (Å²) in [5.74, 6) is -0.509. The van der Waals surface area contributed by atoms with Gasteiger partial charge in [-0.1, -0.05) is 17.7 Å². The van der Waals surface area contributed by atoms with Gasteiger partial charge in [0.25, 0.3) is 0 Å². The van der Waals surface area contributed by atoms with Gasteiger partial charge >= 0.3 is 6.18 Å². The van der Waals surface area contributed by atoms with Gasteiger partial charge in [0.2, 0.25) is 0 Å². The Bertz CT molecular complexity index is 593. The molecule has 106 valence electrons. The number of benzene rings is 2. The molecule has 2 aromatic carbocycles. The van der Waals surface area contributed by atoms with E-state index in [-0.39, 0.29) is 5.02 Å². The lowest BCUT2D eigenvalue weighted by atomic mass is 10.2. The van der Waals surface area contributed by atoms with Gasteiger partial charge in [-0.25, -0.2) is 4.39 Å². The summed E-state index contributed by atoms with van der Waals surface area (Å²) in [7, 11) is 0. The Morgan fingerprint density at radius 3 is 2.20 bits per heavy atom. The van der Waals surface area contributed by atoms with E-state index < -0.39 is 17.6 Å². The Morgan fingerprint density at radius 2 is 1.65 bits per heavy atom. The van der Waals surface area contributed by atoms with Gasteiger partial charge in [0, 0.05) is 12.2 Å². The molecule has 0 radical (unpaired) electrons. The monoisotopic (exact) mass is 303 g/mol. The normalized spacial score (nSPS) is 11.4. The molecular formula is C14H10ClF4N. The molecule has 0 aliphatic heterocycles. The van der Waals surface area contributed by atoms with Gasteiger partial charge in [0.05, 0.1) is 10.6 Å². The van der Waals surface area contributed by atoms with Gasteiger partial charge in [0.15, 0.2) is 0 Å². The summed E-state index contributed by atoms with van der Waals surface area (Å²) in [4.78, 5) is 0. The number of rotatable bonds is 3. The zero-order valence-corrected chi connectivity index (χ0v) is 10.9. The van der Waals surface area contributed by atoms with Crippen molar-refractivity contribution in [1.29, 1.82) is 0 Å². The summed E-state index contributed by atoms with van der Waals surface area (Å²) < 4.78 is 50.1. The number of hydrogen-bond donors (Lipinski definition) is 1. The standard InChI is InChI=1S/C14H10ClF4N/c15-12-7-9(1-6-13(12)16)8-20-11-4-2-10(3-5-11)14(17,18)19/h1-7,20H,8H2. The van der Waals surface area contributed by atoms with E-state index in [1.54, 1.807) is 6.07 Å². The maximum Gasteiger partial charge on any atom is 0.416 e. The van der Waals surface area contributed by atoms with Crippen molar-refractivity contribution in [3.8, 4) is 0 Å². The second-order valence-electron chi connectivity index (χ2n) is 4.18. The molecule has 20 heavy (non-hydrogen) atoms. The van der Waals surface area contributed by atoms with Crippen LogP contribution in [0.4, 0.5) is 23.2 Å². The molecule has 0 saturated heterocycles. The van der Waals surface area contributed by atoms with Crippen LogP contribution in [-0.2, 0) is 12.7 Å². The van der Waals surface area contributed by atoms with Crippen LogP contribution in [0.25, 0.3) is 0 Å². The number of halogens is 5. The third kappa shape index (κ3) is 3.63. The predicted molar refractivity (Wildman–Crippen MR) is 70.2 cm³/mol. The second-order valence-corrected chi connectivity index (χ2v) is 4.58. The van der Waals surface area contributed by atoms with Crippen molar-refractivity contribution in [2.45, 2.75) is 12.7 Å². The van der Waals surface area contributed by atoms with Gasteiger partial charge in [0.1, 0.15) is 5.82 Å². The lowest BCUT2D eigenvalue weighted by Crippen LogP contribution is -2.05. The van der Waals surface area contributed by atoms with Crippen molar-refractivity contribution in [3.05, 3.63) is 64.4 Å². The fourth-order valence-corrected chi connectivity index (χ4v) is 1.83. The van der Waals surface area contributed by atoms with Crippen LogP contribution in [0.2, 0.25) is 5.02 Å². The van der Waals surface area contributed by atoms with Crippen molar-refractivity contribution < 1.29 is 17.6 Å². The topological polar surface area (TPSA) is 12.0 Å². The summed E-state index contributed by atoms with van der Waals surface area (Å²) in [6, 6.07) is 8.94. The maximum atomic E-state index is 13.0. The quantitative estimate of drug-likeness (QED) is 0.777. The highest BCUT2D eigenvalue weighted by atomic mass is 35.5. The first-order chi connectivity index (χ1) is 9.36. The lowest BCUT2D eigenvalue weighted by Gasteiger charge is -2.10. The summed E-state index contributed by atoms with van der Waals surface area (Å²) in [6.45, 7) is 0.339. The van der Waals surface area contributed by atoms with Crippen LogP contribution in [0.5, 0.6) is 0 Å². The minimum Gasteiger partial charge on any atom is -0.381 e. The largest absolute Gasteiger partial charge is 0.416 e. The first-order valence-corrected chi connectivity index (χ1v) is 6.09. The summed E-state index contributed by atoms with van der Waals surface area (Å²) >= 11 is 5.64. The third-order valence-electron chi connectivity index (χ3n) is 2.69. The van der Waals surface area contributed by atoms with Gasteiger partial charge in [-0.15, -0.1) is 0 Å². The molecule has 0 aliphatic rings. The van der Waals surface area contributed by atoms with Gasteiger partial charge in [-0.05, 0) is 42.0 Å². The van der Waals surface area contributed by atoms with Crippen LogP contribution < -0.4 is 5.32 Å². The Morgan fingerprint density at radius 1 is 1.00 bits per heavy atom. The number of hydrogen-bond acceptors (Lipinski definition) is 1. The maximum absolute atomic E-state index is 13.0. The van der Waals surface area contributed by atoms with Gasteiger partial charge < -0.3 is 5.32 Å². The van der Waals surface area contributed by atoms with E-state index >= 15 is 0 Å². The van der Waals surface area contributed by atoms with Crippen molar-refractivity contribution in [1.82, 2.24) is 0 Å². The SMILES string of the molecule is Fc1ccc(CNc2ccc(C(F)(F)F)cc2)cc1Cl. The Kier molecular flexibility index (Phi) is 4.18. The molecular weight excluding hydrogens is 294 g/mol. The number of alkyl halides is 3. The molecule has 0 bridgehead atoms. The predicted octanol–water partition coefficient (Wildman–Crippen LogP) is 5.11. The lowest BCUT2D eigenvalue weighted by molar-refractivity contribution is -0.137. The molecule has 0 fully saturated rings. The molecule has 6 heteroatoms. The molecule has 2 aromatic rings. The summed E-state index contributed by atoms with van der Waals surface area (Å²) in [6.07, 6.45) is -4.34. The molecule has 0 saturated carbocycles. The molecule has 0 atom stereocenters. The molecule has 2 rings (SSSR count). The average Bonchev–Trinajstić information content (AvgIpc) is 2.40. The molecule has 1 N–H and O–H groups in total. The molecule has 0 aliphatic carbocycles. The molecule has 1 nitrogen and oxygen atoms in total. The zero-order valence-electron chi connectivity index (χ0n) is 10.1. The highest BCUT2D eigenvalue weighted by Crippen LogP contribution is 2.29. The Labute approximate surface area is 118 Å². The van der Waals surface area contributed by atoms with E-state index in [0.29, 0.717) is 12.2 Å². The minimum absolute atomic E-state index is 0.0109. The molecule has 0 heterocycles. The fraction of sp³-hybridized carbons (Fsp3) is 0.143. The first kappa shape index (κ1) is 14.7. The smallest absolute Gasteiger partial charge is 0.381 e. The van der Waals surface area contributed by atoms with E-state index in [1.165, 1.54) is 24.3 Å². The first-order valence-electron chi connectivity index (χ1n) is 5.71. The second kappa shape index (κ2) is 5.71. The van der Waals surface area contributed by atoms with Gasteiger partial charge in [-0.2, -0.15) is 13.2 Å². The van der Waals surface area contributed by atoms with Crippen molar-refractivity contribution in [2.75, 3.05) is 5.32 Å². The fourth-order valence-electron chi connectivity index (χ4n) is 1.63. The van der Waals surface area contributed by atoms with E-state index in [2.05, 4.69) is 5.32 Å². The Hall–Kier alpha value is -1.75. The van der Waals surface area contributed by atoms with E-state index in [4.69, 9.17) is 11.6 Å². The molecule has 0 unspecified atom stereocenters. The van der Waals surface area contributed by atoms with Crippen LogP contribution in [0.3, 0.4) is 0 Å². The van der Waals surface area contributed by atoms with E-state index in [1.807, 2.05) is 0 Å². The van der Waals surface area contributed by atoms with Crippen LogP contribution >= 0.6 is 11.6 Å². The Balaban J connectivity index is 2.02. The highest BCUT2D eigenvalue weighted by molar-refractivity contribution is 6.30. The van der Waals surface area contributed by atoms with E-state index in [0.717, 1.165) is 17.7 Å². The number of anilines is 1. The van der Waals surface area contributed by atoms with Crippen LogP contribution in [0.15, 0.2) is 42.5 Å². The highest BCUT2D eigenvalue weighted by Gasteiger charge is 2.29. The molecule has 0 aromatic heterocycles. The van der Waals surface area contributed by atoms with Crippen molar-refractivity contribution in [2.24, 2.45) is 0 Å². The molecule has 0 amide bonds. The zero-order chi connectivity index (χ0) is 14.8. The average molecular weight is 304 g/mol. The van der Waals surface area contributed by atoms with E-state index in [9.17, 15) is 17.6 Å². The van der Waals surface area contributed by atoms with Crippen LogP contribution in [0.1, 0.15) is 11.1 Å². The van der Waals surface area contributed by atoms with Crippen LogP contribution in [-0.4, -0.2) is 0 Å². The third-order valence-corrected chi connectivity index (χ3v) is 2.98. The van der Waals surface area contributed by atoms with Crippen molar-refractivity contribution >= 4 is 17.3 Å². The van der Waals surface area contributed by atoms with Gasteiger partial charge in [-0.3, -0.25) is 0 Å². The summed E-state index contributed by atoms with van der Waals surface area (Å²) in [5.41, 5.74) is 0.572. The van der Waals surface area contributed by atoms with Crippen molar-refractivity contribution in [3.63, 3.8) is 0 Å². The summed E-state index contributed by atoms with van der Waals surface area (Å²) in [5, 5.41) is 2.95.